The first-order valence-electron chi connectivity index (χ1n) is 5.12. The van der Waals surface area contributed by atoms with Crippen LogP contribution in [0.3, 0.4) is 0 Å². The highest BCUT2D eigenvalue weighted by atomic mass is 32.1. The van der Waals surface area contributed by atoms with Crippen LogP contribution in [-0.4, -0.2) is 11.0 Å². The van der Waals surface area contributed by atoms with E-state index < -0.39 is 0 Å². The first-order chi connectivity index (χ1) is 6.72. The lowest BCUT2D eigenvalue weighted by molar-refractivity contribution is 0.492. The topological polar surface area (TPSA) is 44.9 Å². The number of aromatic nitrogens is 1. The Labute approximate surface area is 88.6 Å². The summed E-state index contributed by atoms with van der Waals surface area (Å²) in [6.45, 7) is 5.15. The Morgan fingerprint density at radius 2 is 2.43 bits per heavy atom. The minimum Gasteiger partial charge on any atom is -0.315 e. The van der Waals surface area contributed by atoms with Crippen molar-refractivity contribution in [2.75, 3.05) is 0 Å². The second-order valence-corrected chi connectivity index (χ2v) is 4.44. The van der Waals surface area contributed by atoms with Gasteiger partial charge in [-0.15, -0.1) is 0 Å². The van der Waals surface area contributed by atoms with Crippen LogP contribution in [0.25, 0.3) is 0 Å². The molecule has 0 bridgehead atoms. The number of hydrogen-bond donors (Lipinski definition) is 2. The van der Waals surface area contributed by atoms with E-state index in [1.165, 1.54) is 30.6 Å². The summed E-state index contributed by atoms with van der Waals surface area (Å²) in [7, 11) is 0. The van der Waals surface area contributed by atoms with Gasteiger partial charge in [-0.2, -0.15) is 0 Å². The SMILES string of the molecule is CCCCC(C)NCc1csc(=O)[nH]1. The minimum absolute atomic E-state index is 0.0306. The van der Waals surface area contributed by atoms with Crippen molar-refractivity contribution < 1.29 is 0 Å². The van der Waals surface area contributed by atoms with E-state index in [9.17, 15) is 4.79 Å². The molecule has 1 atom stereocenters. The first kappa shape index (κ1) is 11.5. The molecular formula is C10H18N2OS. The maximum absolute atomic E-state index is 10.8. The van der Waals surface area contributed by atoms with E-state index in [1.54, 1.807) is 0 Å². The van der Waals surface area contributed by atoms with E-state index in [-0.39, 0.29) is 4.87 Å². The Hall–Kier alpha value is -0.610. The van der Waals surface area contributed by atoms with Gasteiger partial charge in [0, 0.05) is 23.7 Å². The highest BCUT2D eigenvalue weighted by molar-refractivity contribution is 7.07. The van der Waals surface area contributed by atoms with Crippen LogP contribution in [0.5, 0.6) is 0 Å². The Morgan fingerprint density at radius 3 is 3.00 bits per heavy atom. The molecule has 4 heteroatoms. The van der Waals surface area contributed by atoms with Crippen molar-refractivity contribution in [3.63, 3.8) is 0 Å². The Bertz CT molecular complexity index is 305. The molecule has 0 saturated heterocycles. The summed E-state index contributed by atoms with van der Waals surface area (Å²) in [5.74, 6) is 0. The van der Waals surface area contributed by atoms with Crippen LogP contribution in [0, 0.1) is 0 Å². The Balaban J connectivity index is 2.23. The van der Waals surface area contributed by atoms with Crippen LogP contribution in [0.4, 0.5) is 0 Å². The third kappa shape index (κ3) is 4.07. The van der Waals surface area contributed by atoms with Crippen molar-refractivity contribution in [1.29, 1.82) is 0 Å². The summed E-state index contributed by atoms with van der Waals surface area (Å²) in [5.41, 5.74) is 0.989. The zero-order chi connectivity index (χ0) is 10.4. The molecule has 1 heterocycles. The van der Waals surface area contributed by atoms with Gasteiger partial charge in [-0.3, -0.25) is 4.79 Å². The summed E-state index contributed by atoms with van der Waals surface area (Å²) < 4.78 is 0. The molecule has 0 saturated carbocycles. The molecule has 1 aromatic heterocycles. The molecule has 0 radical (unpaired) electrons. The number of unbranched alkanes of at least 4 members (excludes halogenated alkanes) is 1. The number of nitrogens with one attached hydrogen (secondary N) is 2. The fourth-order valence-electron chi connectivity index (χ4n) is 1.30. The van der Waals surface area contributed by atoms with Gasteiger partial charge in [-0.1, -0.05) is 31.1 Å². The summed E-state index contributed by atoms with van der Waals surface area (Å²) >= 11 is 1.22. The first-order valence-corrected chi connectivity index (χ1v) is 6.00. The third-order valence-corrected chi connectivity index (χ3v) is 2.92. The molecule has 1 rings (SSSR count). The molecule has 0 aromatic carbocycles. The number of hydrogen-bond acceptors (Lipinski definition) is 3. The van der Waals surface area contributed by atoms with E-state index in [0.29, 0.717) is 6.04 Å². The number of H-pyrrole nitrogens is 1. The summed E-state index contributed by atoms with van der Waals surface area (Å²) in [4.78, 5) is 13.7. The van der Waals surface area contributed by atoms with Crippen LogP contribution < -0.4 is 10.2 Å². The quantitative estimate of drug-likeness (QED) is 0.761. The Kier molecular flexibility index (Phi) is 4.90. The zero-order valence-corrected chi connectivity index (χ0v) is 9.62. The second-order valence-electron chi connectivity index (χ2n) is 3.60. The van der Waals surface area contributed by atoms with Crippen LogP contribution in [0.15, 0.2) is 10.2 Å². The monoisotopic (exact) mass is 214 g/mol. The number of aromatic amines is 1. The molecule has 1 unspecified atom stereocenters. The van der Waals surface area contributed by atoms with E-state index in [1.807, 2.05) is 5.38 Å². The Morgan fingerprint density at radius 1 is 1.64 bits per heavy atom. The van der Waals surface area contributed by atoms with Gasteiger partial charge in [-0.25, -0.2) is 0 Å². The van der Waals surface area contributed by atoms with Gasteiger partial charge in [0.15, 0.2) is 0 Å². The second kappa shape index (κ2) is 5.98. The molecule has 0 amide bonds. The highest BCUT2D eigenvalue weighted by Crippen LogP contribution is 2.01. The van der Waals surface area contributed by atoms with Crippen LogP contribution in [-0.2, 0) is 6.54 Å². The van der Waals surface area contributed by atoms with E-state index >= 15 is 0 Å². The molecular weight excluding hydrogens is 196 g/mol. The van der Waals surface area contributed by atoms with Gasteiger partial charge in [-0.05, 0) is 13.3 Å². The van der Waals surface area contributed by atoms with Crippen LogP contribution in [0.2, 0.25) is 0 Å². The predicted molar refractivity (Wildman–Crippen MR) is 60.8 cm³/mol. The van der Waals surface area contributed by atoms with Crippen LogP contribution in [0.1, 0.15) is 38.8 Å². The summed E-state index contributed by atoms with van der Waals surface area (Å²) in [5, 5.41) is 5.26. The van der Waals surface area contributed by atoms with Gasteiger partial charge in [0.25, 0.3) is 0 Å². The summed E-state index contributed by atoms with van der Waals surface area (Å²) in [6, 6.07) is 0.526. The molecule has 0 aliphatic rings. The fraction of sp³-hybridized carbons (Fsp3) is 0.700. The molecule has 0 aliphatic heterocycles. The van der Waals surface area contributed by atoms with Crippen molar-refractivity contribution in [2.24, 2.45) is 0 Å². The van der Waals surface area contributed by atoms with E-state index in [4.69, 9.17) is 0 Å². The standard InChI is InChI=1S/C10H18N2OS/c1-3-4-5-8(2)11-6-9-7-14-10(13)12-9/h7-8,11H,3-6H2,1-2H3,(H,12,13). The largest absolute Gasteiger partial charge is 0.315 e. The fourth-order valence-corrected chi connectivity index (χ4v) is 1.88. The van der Waals surface area contributed by atoms with Crippen molar-refractivity contribution in [2.45, 2.75) is 45.7 Å². The van der Waals surface area contributed by atoms with E-state index in [0.717, 1.165) is 12.2 Å². The molecule has 14 heavy (non-hydrogen) atoms. The van der Waals surface area contributed by atoms with Crippen molar-refractivity contribution in [3.05, 3.63) is 20.7 Å². The molecule has 3 nitrogen and oxygen atoms in total. The molecule has 1 aromatic rings. The minimum atomic E-state index is 0.0306. The van der Waals surface area contributed by atoms with Crippen molar-refractivity contribution in [1.82, 2.24) is 10.3 Å². The molecule has 0 aliphatic carbocycles. The third-order valence-electron chi connectivity index (χ3n) is 2.20. The van der Waals surface area contributed by atoms with Gasteiger partial charge in [0.2, 0.25) is 0 Å². The molecule has 0 spiro atoms. The molecule has 0 fully saturated rings. The molecule has 80 valence electrons. The maximum atomic E-state index is 10.8. The van der Waals surface area contributed by atoms with Crippen molar-refractivity contribution >= 4 is 11.3 Å². The highest BCUT2D eigenvalue weighted by Gasteiger charge is 2.01. The lowest BCUT2D eigenvalue weighted by Crippen LogP contribution is -2.25. The van der Waals surface area contributed by atoms with Crippen molar-refractivity contribution in [3.8, 4) is 0 Å². The normalized spacial score (nSPS) is 13.0. The molecule has 2 N–H and O–H groups in total. The maximum Gasteiger partial charge on any atom is 0.304 e. The van der Waals surface area contributed by atoms with Gasteiger partial charge in [0.05, 0.1) is 0 Å². The average Bonchev–Trinajstić information content (AvgIpc) is 2.58. The predicted octanol–water partition coefficient (Wildman–Crippen LogP) is 2.10. The smallest absolute Gasteiger partial charge is 0.304 e. The van der Waals surface area contributed by atoms with E-state index in [2.05, 4.69) is 24.1 Å². The summed E-state index contributed by atoms with van der Waals surface area (Å²) in [6.07, 6.45) is 3.69. The van der Waals surface area contributed by atoms with Crippen LogP contribution >= 0.6 is 11.3 Å². The number of rotatable bonds is 6. The van der Waals surface area contributed by atoms with Gasteiger partial charge >= 0.3 is 4.87 Å². The van der Waals surface area contributed by atoms with Gasteiger partial charge in [0.1, 0.15) is 0 Å². The average molecular weight is 214 g/mol. The zero-order valence-electron chi connectivity index (χ0n) is 8.80. The lowest BCUT2D eigenvalue weighted by Gasteiger charge is -2.11. The van der Waals surface area contributed by atoms with Gasteiger partial charge < -0.3 is 10.3 Å². The number of thiazole rings is 1. The lowest BCUT2D eigenvalue weighted by atomic mass is 10.1.